The first-order chi connectivity index (χ1) is 6.43. The largest absolute Gasteiger partial charge is 0.396 e. The molecule has 1 heterocycles. The minimum atomic E-state index is 0.265. The summed E-state index contributed by atoms with van der Waals surface area (Å²) in [6.07, 6.45) is 1.78. The summed E-state index contributed by atoms with van der Waals surface area (Å²) in [7, 11) is 0. The molecule has 0 saturated carbocycles. The van der Waals surface area contributed by atoms with E-state index in [4.69, 9.17) is 14.6 Å². The highest BCUT2D eigenvalue weighted by molar-refractivity contribution is 4.57. The summed E-state index contributed by atoms with van der Waals surface area (Å²) < 4.78 is 10.6. The van der Waals surface area contributed by atoms with Gasteiger partial charge in [0, 0.05) is 26.3 Å². The van der Waals surface area contributed by atoms with E-state index < -0.39 is 0 Å². The molecule has 1 fully saturated rings. The van der Waals surface area contributed by atoms with Crippen LogP contribution in [0, 0.1) is 0 Å². The Kier molecular flexibility index (Phi) is 6.10. The molecule has 0 spiro atoms. The summed E-state index contributed by atoms with van der Waals surface area (Å²) in [6, 6.07) is 0. The fourth-order valence-corrected chi connectivity index (χ4v) is 1.24. The Morgan fingerprint density at radius 3 is 2.69 bits per heavy atom. The van der Waals surface area contributed by atoms with Crippen molar-refractivity contribution in [2.75, 3.05) is 46.2 Å². The molecule has 0 atom stereocenters. The van der Waals surface area contributed by atoms with Gasteiger partial charge in [-0.1, -0.05) is 0 Å². The van der Waals surface area contributed by atoms with Gasteiger partial charge in [-0.15, -0.1) is 0 Å². The number of morpholine rings is 1. The fraction of sp³-hybridized carbons (Fsp3) is 1.00. The van der Waals surface area contributed by atoms with Crippen LogP contribution in [0.25, 0.3) is 0 Å². The molecule has 0 aromatic rings. The van der Waals surface area contributed by atoms with E-state index in [1.54, 1.807) is 0 Å². The van der Waals surface area contributed by atoms with Gasteiger partial charge in [0.1, 0.15) is 0 Å². The first-order valence-corrected chi connectivity index (χ1v) is 4.92. The Bertz CT molecular complexity index is 115. The minimum Gasteiger partial charge on any atom is -0.396 e. The maximum absolute atomic E-state index is 8.53. The fourth-order valence-electron chi connectivity index (χ4n) is 1.24. The number of nitrogens with zero attached hydrogens (tertiary/aromatic N) is 1. The van der Waals surface area contributed by atoms with Gasteiger partial charge in [-0.05, 0) is 12.8 Å². The molecule has 0 radical (unpaired) electrons. The first-order valence-electron chi connectivity index (χ1n) is 4.92. The number of hydrogen-bond acceptors (Lipinski definition) is 4. The van der Waals surface area contributed by atoms with Crippen LogP contribution in [0.2, 0.25) is 0 Å². The van der Waals surface area contributed by atoms with E-state index in [1.165, 1.54) is 0 Å². The second-order valence-corrected chi connectivity index (χ2v) is 3.20. The standard InChI is InChI=1S/C9H19NO3/c11-5-1-2-6-13-9-10-3-7-12-8-4-10/h11H,1-9H2. The van der Waals surface area contributed by atoms with Crippen LogP contribution in [0.1, 0.15) is 12.8 Å². The lowest BCUT2D eigenvalue weighted by molar-refractivity contribution is -0.0336. The van der Waals surface area contributed by atoms with E-state index >= 15 is 0 Å². The lowest BCUT2D eigenvalue weighted by atomic mass is 10.3. The van der Waals surface area contributed by atoms with Crippen LogP contribution in [0.5, 0.6) is 0 Å². The third kappa shape index (κ3) is 5.21. The predicted molar refractivity (Wildman–Crippen MR) is 49.5 cm³/mol. The molecule has 0 bridgehead atoms. The quantitative estimate of drug-likeness (QED) is 0.600. The molecule has 4 nitrogen and oxygen atoms in total. The Morgan fingerprint density at radius 2 is 2.00 bits per heavy atom. The summed E-state index contributed by atoms with van der Waals surface area (Å²) in [5, 5.41) is 8.53. The van der Waals surface area contributed by atoms with Crippen LogP contribution in [-0.2, 0) is 9.47 Å². The third-order valence-corrected chi connectivity index (χ3v) is 2.07. The van der Waals surface area contributed by atoms with Crippen LogP contribution in [-0.4, -0.2) is 56.3 Å². The number of unbranched alkanes of at least 4 members (excludes halogenated alkanes) is 1. The molecule has 1 rings (SSSR count). The van der Waals surface area contributed by atoms with E-state index in [0.717, 1.165) is 45.8 Å². The highest BCUT2D eigenvalue weighted by Gasteiger charge is 2.08. The van der Waals surface area contributed by atoms with Crippen molar-refractivity contribution in [3.8, 4) is 0 Å². The Balaban J connectivity index is 1.86. The zero-order valence-corrected chi connectivity index (χ0v) is 8.07. The van der Waals surface area contributed by atoms with Crippen LogP contribution in [0.3, 0.4) is 0 Å². The molecular weight excluding hydrogens is 170 g/mol. The lowest BCUT2D eigenvalue weighted by Gasteiger charge is -2.26. The average molecular weight is 189 g/mol. The van der Waals surface area contributed by atoms with Gasteiger partial charge in [-0.3, -0.25) is 4.90 Å². The van der Waals surface area contributed by atoms with Gasteiger partial charge in [-0.2, -0.15) is 0 Å². The van der Waals surface area contributed by atoms with E-state index in [-0.39, 0.29) is 6.61 Å². The van der Waals surface area contributed by atoms with Crippen LogP contribution >= 0.6 is 0 Å². The molecule has 0 amide bonds. The molecule has 13 heavy (non-hydrogen) atoms. The predicted octanol–water partition coefficient (Wildman–Crippen LogP) is 0.0652. The Labute approximate surface area is 79.4 Å². The minimum absolute atomic E-state index is 0.265. The van der Waals surface area contributed by atoms with Crippen LogP contribution in [0.4, 0.5) is 0 Å². The highest BCUT2D eigenvalue weighted by Crippen LogP contribution is 1.97. The van der Waals surface area contributed by atoms with Gasteiger partial charge < -0.3 is 14.6 Å². The molecule has 0 aromatic carbocycles. The van der Waals surface area contributed by atoms with Crippen molar-refractivity contribution in [2.24, 2.45) is 0 Å². The normalized spacial score (nSPS) is 19.2. The van der Waals surface area contributed by atoms with E-state index in [1.807, 2.05) is 0 Å². The van der Waals surface area contributed by atoms with Crippen molar-refractivity contribution >= 4 is 0 Å². The van der Waals surface area contributed by atoms with Gasteiger partial charge >= 0.3 is 0 Å². The summed E-state index contributed by atoms with van der Waals surface area (Å²) in [6.45, 7) is 5.30. The van der Waals surface area contributed by atoms with Gasteiger partial charge in [0.15, 0.2) is 0 Å². The zero-order valence-electron chi connectivity index (χ0n) is 8.07. The number of aliphatic hydroxyl groups is 1. The summed E-state index contributed by atoms with van der Waals surface area (Å²) in [5.74, 6) is 0. The molecule has 1 N–H and O–H groups in total. The van der Waals surface area contributed by atoms with Crippen molar-refractivity contribution in [3.63, 3.8) is 0 Å². The summed E-state index contributed by atoms with van der Waals surface area (Å²) in [4.78, 5) is 2.24. The first kappa shape index (κ1) is 10.9. The summed E-state index contributed by atoms with van der Waals surface area (Å²) in [5.41, 5.74) is 0. The van der Waals surface area contributed by atoms with Crippen molar-refractivity contribution < 1.29 is 14.6 Å². The molecule has 0 aromatic heterocycles. The highest BCUT2D eigenvalue weighted by atomic mass is 16.5. The Hall–Kier alpha value is -0.160. The summed E-state index contributed by atoms with van der Waals surface area (Å²) >= 11 is 0. The number of aliphatic hydroxyl groups excluding tert-OH is 1. The third-order valence-electron chi connectivity index (χ3n) is 2.07. The van der Waals surface area contributed by atoms with Crippen molar-refractivity contribution in [2.45, 2.75) is 12.8 Å². The van der Waals surface area contributed by atoms with Crippen molar-refractivity contribution in [1.29, 1.82) is 0 Å². The smallest absolute Gasteiger partial charge is 0.0991 e. The maximum Gasteiger partial charge on any atom is 0.0991 e. The molecule has 1 aliphatic heterocycles. The maximum atomic E-state index is 8.53. The van der Waals surface area contributed by atoms with Gasteiger partial charge in [0.2, 0.25) is 0 Å². The molecule has 1 aliphatic rings. The number of rotatable bonds is 6. The molecule has 1 saturated heterocycles. The van der Waals surface area contributed by atoms with Gasteiger partial charge in [0.05, 0.1) is 19.9 Å². The van der Waals surface area contributed by atoms with Crippen molar-refractivity contribution in [1.82, 2.24) is 4.90 Å². The second kappa shape index (κ2) is 7.26. The number of hydrogen-bond donors (Lipinski definition) is 1. The van der Waals surface area contributed by atoms with Gasteiger partial charge in [0.25, 0.3) is 0 Å². The SMILES string of the molecule is OCCCCOCN1CCOCC1. The van der Waals surface area contributed by atoms with E-state index in [0.29, 0.717) is 6.73 Å². The zero-order chi connectivity index (χ0) is 9.36. The molecule has 0 aliphatic carbocycles. The van der Waals surface area contributed by atoms with Crippen molar-refractivity contribution in [3.05, 3.63) is 0 Å². The van der Waals surface area contributed by atoms with Crippen LogP contribution in [0.15, 0.2) is 0 Å². The van der Waals surface area contributed by atoms with E-state index in [9.17, 15) is 0 Å². The molecular formula is C9H19NO3. The average Bonchev–Trinajstić information content (AvgIpc) is 2.19. The van der Waals surface area contributed by atoms with Gasteiger partial charge in [-0.25, -0.2) is 0 Å². The number of ether oxygens (including phenoxy) is 2. The molecule has 78 valence electrons. The molecule has 0 unspecified atom stereocenters. The molecule has 4 heteroatoms. The monoisotopic (exact) mass is 189 g/mol. The second-order valence-electron chi connectivity index (χ2n) is 3.20. The Morgan fingerprint density at radius 1 is 1.23 bits per heavy atom. The lowest BCUT2D eigenvalue weighted by Crippen LogP contribution is -2.37. The van der Waals surface area contributed by atoms with Crippen LogP contribution < -0.4 is 0 Å². The van der Waals surface area contributed by atoms with E-state index in [2.05, 4.69) is 4.90 Å². The topological polar surface area (TPSA) is 41.9 Å².